The largest absolute Gasteiger partial charge is 0.319 e. The highest BCUT2D eigenvalue weighted by atomic mass is 35.5. The third kappa shape index (κ3) is 2.77. The molecule has 2 aromatic rings. The van der Waals surface area contributed by atoms with Gasteiger partial charge in [0.25, 0.3) is 5.56 Å². The number of unbranched alkanes of at least 4 members (excludes halogenated alkanes) is 1. The van der Waals surface area contributed by atoms with Gasteiger partial charge in [0.1, 0.15) is 5.69 Å². The highest BCUT2D eigenvalue weighted by Gasteiger charge is 2.04. The number of aromatic nitrogens is 3. The standard InChI is InChI=1S/C12H14ClN3O/c13-6-1-2-10-16-12(17)11(5-7-14-16)15-8-3-4-9-15/h3-5,7-9H,1-2,6,10H2. The van der Waals surface area contributed by atoms with Gasteiger partial charge in [0.15, 0.2) is 0 Å². The van der Waals surface area contributed by atoms with Crippen molar-refractivity contribution in [2.24, 2.45) is 0 Å². The molecule has 0 N–H and O–H groups in total. The van der Waals surface area contributed by atoms with Crippen molar-refractivity contribution >= 4 is 11.6 Å². The molecule has 0 amide bonds. The SMILES string of the molecule is O=c1c(-n2cccc2)ccnn1CCCCCl. The molecule has 0 spiro atoms. The van der Waals surface area contributed by atoms with Crippen LogP contribution in [0.2, 0.25) is 0 Å². The summed E-state index contributed by atoms with van der Waals surface area (Å²) in [4.78, 5) is 12.1. The minimum Gasteiger partial charge on any atom is -0.319 e. The zero-order chi connectivity index (χ0) is 12.1. The van der Waals surface area contributed by atoms with Crippen LogP contribution in [0.4, 0.5) is 0 Å². The molecule has 4 nitrogen and oxygen atoms in total. The Bertz CT molecular complexity index is 519. The van der Waals surface area contributed by atoms with E-state index in [1.165, 1.54) is 4.68 Å². The summed E-state index contributed by atoms with van der Waals surface area (Å²) < 4.78 is 3.28. The molecule has 0 fully saturated rings. The number of alkyl halides is 1. The van der Waals surface area contributed by atoms with Crippen molar-refractivity contribution in [2.75, 3.05) is 5.88 Å². The quantitative estimate of drug-likeness (QED) is 0.603. The molecule has 0 radical (unpaired) electrons. The summed E-state index contributed by atoms with van der Waals surface area (Å²) in [6.45, 7) is 0.612. The van der Waals surface area contributed by atoms with Gasteiger partial charge in [-0.1, -0.05) is 0 Å². The first-order valence-electron chi connectivity index (χ1n) is 5.58. The zero-order valence-electron chi connectivity index (χ0n) is 9.42. The predicted octanol–water partition coefficient (Wildman–Crippen LogP) is 2.05. The number of hydrogen-bond donors (Lipinski definition) is 0. The maximum atomic E-state index is 12.1. The fourth-order valence-electron chi connectivity index (χ4n) is 1.65. The van der Waals surface area contributed by atoms with E-state index in [0.29, 0.717) is 18.1 Å². The lowest BCUT2D eigenvalue weighted by atomic mass is 10.3. The maximum Gasteiger partial charge on any atom is 0.290 e. The van der Waals surface area contributed by atoms with Crippen molar-refractivity contribution in [3.05, 3.63) is 47.1 Å². The maximum absolute atomic E-state index is 12.1. The van der Waals surface area contributed by atoms with Crippen LogP contribution in [0.25, 0.3) is 5.69 Å². The number of hydrogen-bond acceptors (Lipinski definition) is 2. The summed E-state index contributed by atoms with van der Waals surface area (Å²) in [5, 5.41) is 4.07. The van der Waals surface area contributed by atoms with Gasteiger partial charge in [-0.2, -0.15) is 5.10 Å². The minimum atomic E-state index is -0.0710. The Labute approximate surface area is 104 Å². The summed E-state index contributed by atoms with van der Waals surface area (Å²) in [6.07, 6.45) is 7.10. The van der Waals surface area contributed by atoms with Crippen molar-refractivity contribution in [3.63, 3.8) is 0 Å². The van der Waals surface area contributed by atoms with E-state index in [1.807, 2.05) is 24.5 Å². The van der Waals surface area contributed by atoms with Crippen LogP contribution in [0.15, 0.2) is 41.6 Å². The van der Waals surface area contributed by atoms with Gasteiger partial charge in [0.2, 0.25) is 0 Å². The third-order valence-corrected chi connectivity index (χ3v) is 2.80. The normalized spacial score (nSPS) is 10.6. The second-order valence-electron chi connectivity index (χ2n) is 3.73. The summed E-state index contributed by atoms with van der Waals surface area (Å²) in [5.74, 6) is 0.617. The predicted molar refractivity (Wildman–Crippen MR) is 67.8 cm³/mol. The van der Waals surface area contributed by atoms with E-state index in [4.69, 9.17) is 11.6 Å². The van der Waals surface area contributed by atoms with Crippen LogP contribution < -0.4 is 5.56 Å². The topological polar surface area (TPSA) is 39.8 Å². The van der Waals surface area contributed by atoms with Crippen LogP contribution in [-0.4, -0.2) is 20.2 Å². The molecule has 0 bridgehead atoms. The fraction of sp³-hybridized carbons (Fsp3) is 0.333. The van der Waals surface area contributed by atoms with Crippen LogP contribution in [0.3, 0.4) is 0 Å². The van der Waals surface area contributed by atoms with Crippen molar-refractivity contribution in [1.82, 2.24) is 14.3 Å². The molecular formula is C12H14ClN3O. The smallest absolute Gasteiger partial charge is 0.290 e. The zero-order valence-corrected chi connectivity index (χ0v) is 10.2. The Balaban J connectivity index is 2.25. The van der Waals surface area contributed by atoms with Gasteiger partial charge in [-0.05, 0) is 31.0 Å². The second kappa shape index (κ2) is 5.68. The molecule has 90 valence electrons. The molecule has 2 aromatic heterocycles. The Morgan fingerprint density at radius 2 is 2.00 bits per heavy atom. The van der Waals surface area contributed by atoms with Gasteiger partial charge in [-0.3, -0.25) is 4.79 Å². The number of rotatable bonds is 5. The Kier molecular flexibility index (Phi) is 3.98. The monoisotopic (exact) mass is 251 g/mol. The highest BCUT2D eigenvalue weighted by Crippen LogP contribution is 2.01. The lowest BCUT2D eigenvalue weighted by Gasteiger charge is -2.06. The average molecular weight is 252 g/mol. The second-order valence-corrected chi connectivity index (χ2v) is 4.11. The molecule has 0 saturated carbocycles. The molecule has 2 rings (SSSR count). The first kappa shape index (κ1) is 11.9. The number of aryl methyl sites for hydroxylation is 1. The van der Waals surface area contributed by atoms with Crippen LogP contribution in [0.1, 0.15) is 12.8 Å². The van der Waals surface area contributed by atoms with Gasteiger partial charge in [-0.25, -0.2) is 4.68 Å². The Morgan fingerprint density at radius 1 is 1.24 bits per heavy atom. The van der Waals surface area contributed by atoms with E-state index in [2.05, 4.69) is 5.10 Å². The van der Waals surface area contributed by atoms with Gasteiger partial charge in [0, 0.05) is 31.0 Å². The number of nitrogens with zero attached hydrogens (tertiary/aromatic N) is 3. The van der Waals surface area contributed by atoms with Gasteiger partial charge in [0.05, 0.1) is 0 Å². The summed E-state index contributed by atoms with van der Waals surface area (Å²) in [6, 6.07) is 5.50. The molecule has 5 heteroatoms. The summed E-state index contributed by atoms with van der Waals surface area (Å²) in [7, 11) is 0. The van der Waals surface area contributed by atoms with E-state index in [0.717, 1.165) is 12.8 Å². The summed E-state index contributed by atoms with van der Waals surface area (Å²) >= 11 is 5.61. The van der Waals surface area contributed by atoms with Crippen LogP contribution in [0, 0.1) is 0 Å². The van der Waals surface area contributed by atoms with Crippen molar-refractivity contribution in [1.29, 1.82) is 0 Å². The summed E-state index contributed by atoms with van der Waals surface area (Å²) in [5.41, 5.74) is 0.550. The van der Waals surface area contributed by atoms with Gasteiger partial charge < -0.3 is 4.57 Å². The molecular weight excluding hydrogens is 238 g/mol. The fourth-order valence-corrected chi connectivity index (χ4v) is 1.84. The Hall–Kier alpha value is -1.55. The van der Waals surface area contributed by atoms with E-state index in [9.17, 15) is 4.79 Å². The molecule has 0 aliphatic rings. The van der Waals surface area contributed by atoms with Crippen LogP contribution >= 0.6 is 11.6 Å². The molecule has 17 heavy (non-hydrogen) atoms. The first-order valence-corrected chi connectivity index (χ1v) is 6.12. The van der Waals surface area contributed by atoms with Crippen molar-refractivity contribution in [2.45, 2.75) is 19.4 Å². The molecule has 0 aromatic carbocycles. The van der Waals surface area contributed by atoms with E-state index < -0.39 is 0 Å². The van der Waals surface area contributed by atoms with E-state index in [1.54, 1.807) is 16.8 Å². The van der Waals surface area contributed by atoms with Crippen molar-refractivity contribution < 1.29 is 0 Å². The minimum absolute atomic E-state index is 0.0710. The molecule has 0 atom stereocenters. The van der Waals surface area contributed by atoms with E-state index in [-0.39, 0.29) is 5.56 Å². The molecule has 0 aliphatic carbocycles. The molecule has 2 heterocycles. The number of halogens is 1. The first-order chi connectivity index (χ1) is 8.33. The molecule has 0 saturated heterocycles. The van der Waals surface area contributed by atoms with Gasteiger partial charge >= 0.3 is 0 Å². The lowest BCUT2D eigenvalue weighted by molar-refractivity contribution is 0.541. The van der Waals surface area contributed by atoms with Crippen molar-refractivity contribution in [3.8, 4) is 5.69 Å². The van der Waals surface area contributed by atoms with Crippen LogP contribution in [0.5, 0.6) is 0 Å². The lowest BCUT2D eigenvalue weighted by Crippen LogP contribution is -2.26. The average Bonchev–Trinajstić information content (AvgIpc) is 2.85. The van der Waals surface area contributed by atoms with E-state index >= 15 is 0 Å². The third-order valence-electron chi connectivity index (χ3n) is 2.53. The molecule has 0 unspecified atom stereocenters. The van der Waals surface area contributed by atoms with Crippen LogP contribution in [-0.2, 0) is 6.54 Å². The molecule has 0 aliphatic heterocycles. The highest BCUT2D eigenvalue weighted by molar-refractivity contribution is 6.17. The van der Waals surface area contributed by atoms with Gasteiger partial charge in [-0.15, -0.1) is 11.6 Å². The Morgan fingerprint density at radius 3 is 2.71 bits per heavy atom.